The van der Waals surface area contributed by atoms with E-state index in [1.54, 1.807) is 0 Å². The molecule has 1 fully saturated rings. The van der Waals surface area contributed by atoms with E-state index in [9.17, 15) is 31.1 Å². The van der Waals surface area contributed by atoms with Crippen molar-refractivity contribution < 1.29 is 35.9 Å². The third-order valence-electron chi connectivity index (χ3n) is 6.71. The second-order valence-electron chi connectivity index (χ2n) is 9.21. The Morgan fingerprint density at radius 1 is 0.909 bits per heavy atom. The third-order valence-corrected chi connectivity index (χ3v) is 6.71. The zero-order valence-electron chi connectivity index (χ0n) is 18.4. The van der Waals surface area contributed by atoms with Crippen LogP contribution in [0.25, 0.3) is 0 Å². The molecule has 0 spiro atoms. The van der Waals surface area contributed by atoms with Gasteiger partial charge in [-0.25, -0.2) is 0 Å². The van der Waals surface area contributed by atoms with E-state index >= 15 is 0 Å². The normalized spacial score (nSPS) is 25.0. The van der Waals surface area contributed by atoms with Gasteiger partial charge in [0, 0.05) is 10.8 Å². The molecule has 1 saturated carbocycles. The minimum atomic E-state index is -4.91. The number of ether oxygens (including phenoxy) is 1. The summed E-state index contributed by atoms with van der Waals surface area (Å²) in [5.41, 5.74) is -2.86. The summed E-state index contributed by atoms with van der Waals surface area (Å²) in [7, 11) is 0. The Labute approximate surface area is 188 Å². The second-order valence-corrected chi connectivity index (χ2v) is 9.21. The van der Waals surface area contributed by atoms with Crippen LogP contribution in [0.1, 0.15) is 67.9 Å². The zero-order chi connectivity index (χ0) is 24.5. The van der Waals surface area contributed by atoms with Crippen LogP contribution in [-0.4, -0.2) is 12.9 Å². The van der Waals surface area contributed by atoms with Crippen LogP contribution in [0.5, 0.6) is 0 Å². The van der Waals surface area contributed by atoms with Gasteiger partial charge in [-0.15, -0.1) is 0 Å². The van der Waals surface area contributed by atoms with Gasteiger partial charge >= 0.3 is 12.4 Å². The molecule has 0 bridgehead atoms. The number of halogens is 6. The van der Waals surface area contributed by atoms with Gasteiger partial charge in [0.2, 0.25) is 0 Å². The summed E-state index contributed by atoms with van der Waals surface area (Å²) >= 11 is 0. The lowest BCUT2D eigenvalue weighted by atomic mass is 9.62. The van der Waals surface area contributed by atoms with Crippen LogP contribution in [0, 0.1) is 5.41 Å². The molecule has 0 unspecified atom stereocenters. The predicted octanol–water partition coefficient (Wildman–Crippen LogP) is 7.52. The van der Waals surface area contributed by atoms with Gasteiger partial charge in [-0.2, -0.15) is 26.3 Å². The lowest BCUT2D eigenvalue weighted by Gasteiger charge is -2.43. The monoisotopic (exact) mass is 472 g/mol. The number of rotatable bonds is 6. The second kappa shape index (κ2) is 9.12. The Morgan fingerprint density at radius 2 is 1.42 bits per heavy atom. The van der Waals surface area contributed by atoms with Crippen molar-refractivity contribution >= 4 is 6.29 Å². The summed E-state index contributed by atoms with van der Waals surface area (Å²) in [5, 5.41) is 0. The molecule has 2 aromatic carbocycles. The molecule has 0 heterocycles. The fraction of sp³-hybridized carbons (Fsp3) is 0.480. The Bertz CT molecular complexity index is 925. The summed E-state index contributed by atoms with van der Waals surface area (Å²) < 4.78 is 85.3. The molecule has 0 radical (unpaired) electrons. The molecule has 3 rings (SSSR count). The molecule has 0 aromatic heterocycles. The van der Waals surface area contributed by atoms with E-state index in [4.69, 9.17) is 4.74 Å². The Morgan fingerprint density at radius 3 is 1.88 bits per heavy atom. The molecule has 180 valence electrons. The van der Waals surface area contributed by atoms with Crippen LogP contribution in [0.3, 0.4) is 0 Å². The van der Waals surface area contributed by atoms with Crippen molar-refractivity contribution in [2.75, 3.05) is 6.61 Å². The Balaban J connectivity index is 1.88. The average Bonchev–Trinajstić information content (AvgIpc) is 2.78. The van der Waals surface area contributed by atoms with Gasteiger partial charge in [-0.3, -0.25) is 0 Å². The molecule has 1 atom stereocenters. The van der Waals surface area contributed by atoms with Crippen molar-refractivity contribution in [3.63, 3.8) is 0 Å². The summed E-state index contributed by atoms with van der Waals surface area (Å²) in [4.78, 5) is 11.5. The van der Waals surface area contributed by atoms with Gasteiger partial charge in [0.1, 0.15) is 6.29 Å². The quantitative estimate of drug-likeness (QED) is 0.321. The van der Waals surface area contributed by atoms with Crippen molar-refractivity contribution in [3.8, 4) is 0 Å². The van der Waals surface area contributed by atoms with Crippen molar-refractivity contribution in [1.82, 2.24) is 0 Å². The number of alkyl halides is 6. The molecular weight excluding hydrogens is 446 g/mol. The highest BCUT2D eigenvalue weighted by atomic mass is 19.4. The Hall–Kier alpha value is -2.35. The molecule has 0 N–H and O–H groups in total. The molecule has 1 aliphatic carbocycles. The van der Waals surface area contributed by atoms with Crippen molar-refractivity contribution in [1.29, 1.82) is 0 Å². The molecule has 2 nitrogen and oxygen atoms in total. The third kappa shape index (κ3) is 5.78. The smallest absolute Gasteiger partial charge is 0.373 e. The van der Waals surface area contributed by atoms with Gasteiger partial charge < -0.3 is 9.53 Å². The van der Waals surface area contributed by atoms with Crippen LogP contribution in [0.4, 0.5) is 26.3 Å². The SMILES string of the molecule is C[C@@H](OCC1(c2ccccc2)CCC(C)(C=O)CC1)c1cc(C(F)(F)F)cc(C(F)(F)F)c1. The van der Waals surface area contributed by atoms with E-state index in [1.165, 1.54) is 6.92 Å². The summed E-state index contributed by atoms with van der Waals surface area (Å²) in [5.74, 6) is 0. The molecule has 0 aliphatic heterocycles. The number of hydrogen-bond acceptors (Lipinski definition) is 2. The number of aldehydes is 1. The van der Waals surface area contributed by atoms with Gasteiger partial charge in [0.15, 0.2) is 0 Å². The van der Waals surface area contributed by atoms with Crippen LogP contribution in [0.15, 0.2) is 48.5 Å². The van der Waals surface area contributed by atoms with Crippen LogP contribution >= 0.6 is 0 Å². The van der Waals surface area contributed by atoms with Gasteiger partial charge in [0.05, 0.1) is 23.8 Å². The first-order valence-corrected chi connectivity index (χ1v) is 10.7. The van der Waals surface area contributed by atoms with E-state index in [0.717, 1.165) is 11.8 Å². The van der Waals surface area contributed by atoms with Crippen molar-refractivity contribution in [2.24, 2.45) is 5.41 Å². The molecular formula is C25H26F6O2. The zero-order valence-corrected chi connectivity index (χ0v) is 18.4. The number of hydrogen-bond donors (Lipinski definition) is 0. The van der Waals surface area contributed by atoms with E-state index < -0.39 is 40.4 Å². The summed E-state index contributed by atoms with van der Waals surface area (Å²) in [6.07, 6.45) is -7.39. The van der Waals surface area contributed by atoms with Gasteiger partial charge in [-0.05, 0) is 61.9 Å². The lowest BCUT2D eigenvalue weighted by molar-refractivity contribution is -0.143. The maximum absolute atomic E-state index is 13.2. The predicted molar refractivity (Wildman–Crippen MR) is 112 cm³/mol. The Kier molecular flexibility index (Phi) is 6.99. The maximum Gasteiger partial charge on any atom is 0.416 e. The highest BCUT2D eigenvalue weighted by Gasteiger charge is 2.42. The topological polar surface area (TPSA) is 26.3 Å². The van der Waals surface area contributed by atoms with Crippen molar-refractivity contribution in [2.45, 2.75) is 63.4 Å². The lowest BCUT2D eigenvalue weighted by Crippen LogP contribution is -2.40. The standard InChI is InChI=1S/C25H26F6O2/c1-17(18-12-20(24(26,27)28)14-21(13-18)25(29,30)31)33-16-23(19-6-4-3-5-7-19)10-8-22(2,15-32)9-11-23/h3-7,12-15,17H,8-11,16H2,1-2H3/t17-,22?,23?/m1/s1. The van der Waals surface area contributed by atoms with E-state index in [0.29, 0.717) is 37.8 Å². The van der Waals surface area contributed by atoms with E-state index in [1.807, 2.05) is 37.3 Å². The number of benzene rings is 2. The van der Waals surface area contributed by atoms with E-state index in [-0.39, 0.29) is 18.2 Å². The largest absolute Gasteiger partial charge is 0.416 e. The first-order chi connectivity index (χ1) is 15.3. The fourth-order valence-electron chi connectivity index (χ4n) is 4.32. The highest BCUT2D eigenvalue weighted by molar-refractivity contribution is 5.59. The van der Waals surface area contributed by atoms with Crippen LogP contribution < -0.4 is 0 Å². The van der Waals surface area contributed by atoms with Gasteiger partial charge in [-0.1, -0.05) is 37.3 Å². The highest BCUT2D eigenvalue weighted by Crippen LogP contribution is 2.47. The molecule has 1 aliphatic rings. The molecule has 0 amide bonds. The van der Waals surface area contributed by atoms with E-state index in [2.05, 4.69) is 0 Å². The molecule has 0 saturated heterocycles. The fourth-order valence-corrected chi connectivity index (χ4v) is 4.32. The van der Waals surface area contributed by atoms with Crippen molar-refractivity contribution in [3.05, 3.63) is 70.8 Å². The summed E-state index contributed by atoms with van der Waals surface area (Å²) in [6.45, 7) is 3.46. The molecule has 33 heavy (non-hydrogen) atoms. The number of carbonyl (C=O) groups is 1. The summed E-state index contributed by atoms with van der Waals surface area (Å²) in [6, 6.07) is 11.0. The minimum absolute atomic E-state index is 0.114. The van der Waals surface area contributed by atoms with Crippen LogP contribution in [-0.2, 0) is 27.3 Å². The average molecular weight is 472 g/mol. The van der Waals surface area contributed by atoms with Gasteiger partial charge in [0.25, 0.3) is 0 Å². The van der Waals surface area contributed by atoms with Crippen LogP contribution in [0.2, 0.25) is 0 Å². The number of carbonyl (C=O) groups excluding carboxylic acids is 1. The first kappa shape index (κ1) is 25.3. The molecule has 2 aromatic rings. The maximum atomic E-state index is 13.2. The minimum Gasteiger partial charge on any atom is -0.373 e. The molecule has 8 heteroatoms. The first-order valence-electron chi connectivity index (χ1n) is 10.7.